The van der Waals surface area contributed by atoms with E-state index in [1.807, 2.05) is 12.1 Å². The van der Waals surface area contributed by atoms with Crippen molar-refractivity contribution in [2.45, 2.75) is 44.1 Å². The fourth-order valence-corrected chi connectivity index (χ4v) is 3.39. The molecule has 2 aromatic heterocycles. The van der Waals surface area contributed by atoms with Crippen molar-refractivity contribution in [1.82, 2.24) is 20.3 Å². The van der Waals surface area contributed by atoms with Gasteiger partial charge in [-0.15, -0.1) is 0 Å². The average molecular weight is 409 g/mol. The molecule has 3 rings (SSSR count). The molecule has 0 saturated heterocycles. The Bertz CT molecular complexity index is 819. The maximum absolute atomic E-state index is 12.9. The third kappa shape index (κ3) is 5.63. The minimum absolute atomic E-state index is 0.123. The van der Waals surface area contributed by atoms with E-state index in [2.05, 4.69) is 25.6 Å². The summed E-state index contributed by atoms with van der Waals surface area (Å²) in [6, 6.07) is 5.88. The molecule has 1 amide bonds. The van der Waals surface area contributed by atoms with Crippen LogP contribution in [0.3, 0.4) is 0 Å². The number of aromatic nitrogens is 3. The van der Waals surface area contributed by atoms with Crippen LogP contribution in [-0.4, -0.2) is 40.1 Å². The number of ether oxygens (including phenoxy) is 1. The van der Waals surface area contributed by atoms with Crippen LogP contribution in [0.15, 0.2) is 36.7 Å². The lowest BCUT2D eigenvalue weighted by Crippen LogP contribution is -2.45. The van der Waals surface area contributed by atoms with Gasteiger partial charge in [0.25, 0.3) is 0 Å². The second-order valence-corrected chi connectivity index (χ2v) is 6.84. The van der Waals surface area contributed by atoms with E-state index >= 15 is 0 Å². The van der Waals surface area contributed by atoms with Gasteiger partial charge in [0, 0.05) is 25.4 Å². The lowest BCUT2D eigenvalue weighted by atomic mass is 9.83. The summed E-state index contributed by atoms with van der Waals surface area (Å²) in [6.45, 7) is 0.318. The number of nitrogens with one attached hydrogen (secondary N) is 2. The summed E-state index contributed by atoms with van der Waals surface area (Å²) >= 11 is 0. The summed E-state index contributed by atoms with van der Waals surface area (Å²) in [4.78, 5) is 24.1. The van der Waals surface area contributed by atoms with Crippen LogP contribution >= 0.6 is 0 Å². The number of methoxy groups -OCH3 is 1. The molecule has 1 saturated carbocycles. The van der Waals surface area contributed by atoms with E-state index in [9.17, 15) is 18.0 Å². The second-order valence-electron chi connectivity index (χ2n) is 6.84. The number of rotatable bonds is 6. The molecule has 1 aliphatic carbocycles. The average Bonchev–Trinajstić information content (AvgIpc) is 2.72. The van der Waals surface area contributed by atoms with Gasteiger partial charge in [-0.25, -0.2) is 9.97 Å². The molecule has 1 aliphatic rings. The van der Waals surface area contributed by atoms with Crippen LogP contribution in [0.25, 0.3) is 0 Å². The molecule has 0 aliphatic heterocycles. The largest absolute Gasteiger partial charge is 0.433 e. The molecule has 10 heteroatoms. The predicted molar refractivity (Wildman–Crippen MR) is 98.7 cm³/mol. The highest BCUT2D eigenvalue weighted by atomic mass is 19.4. The van der Waals surface area contributed by atoms with E-state index in [1.165, 1.54) is 7.11 Å². The van der Waals surface area contributed by atoms with Crippen molar-refractivity contribution in [3.05, 3.63) is 48.0 Å². The minimum Gasteiger partial charge on any atom is -0.379 e. The standard InChI is InChI=1S/C19H22F3N5O2/c1-29-15-6-5-12(17(28)25-11-13-4-2-3-8-23-13)10-14(15)26-18-24-9-7-16(27-18)19(20,21)22/h2-4,7-9,12,14-15H,5-6,10-11H2,1H3,(H,25,28)(H,24,26,27)/t12-,14+,15+/m0/s1. The summed E-state index contributed by atoms with van der Waals surface area (Å²) < 4.78 is 44.1. The van der Waals surface area contributed by atoms with Crippen molar-refractivity contribution in [2.24, 2.45) is 5.92 Å². The number of halogens is 3. The minimum atomic E-state index is -4.56. The number of hydrogen-bond acceptors (Lipinski definition) is 6. The van der Waals surface area contributed by atoms with Gasteiger partial charge in [0.2, 0.25) is 11.9 Å². The smallest absolute Gasteiger partial charge is 0.379 e. The quantitative estimate of drug-likeness (QED) is 0.763. The highest BCUT2D eigenvalue weighted by molar-refractivity contribution is 5.78. The molecule has 0 unspecified atom stereocenters. The van der Waals surface area contributed by atoms with Crippen LogP contribution in [-0.2, 0) is 22.3 Å². The van der Waals surface area contributed by atoms with Crippen LogP contribution in [0, 0.1) is 5.92 Å². The summed E-state index contributed by atoms with van der Waals surface area (Å²) in [7, 11) is 1.54. The summed E-state index contributed by atoms with van der Waals surface area (Å²) in [5.41, 5.74) is -0.275. The summed E-state index contributed by atoms with van der Waals surface area (Å²) in [5, 5.41) is 5.78. The first-order valence-electron chi connectivity index (χ1n) is 9.24. The molecule has 0 radical (unpaired) electrons. The number of hydrogen-bond donors (Lipinski definition) is 2. The van der Waals surface area contributed by atoms with E-state index in [0.717, 1.165) is 18.0 Å². The molecule has 2 aromatic rings. The third-order valence-electron chi connectivity index (χ3n) is 4.89. The number of amides is 1. The zero-order valence-electron chi connectivity index (χ0n) is 15.8. The van der Waals surface area contributed by atoms with Gasteiger partial charge in [-0.3, -0.25) is 9.78 Å². The zero-order valence-corrected chi connectivity index (χ0v) is 15.8. The number of carbonyl (C=O) groups is 1. The van der Waals surface area contributed by atoms with E-state index < -0.39 is 11.9 Å². The van der Waals surface area contributed by atoms with Crippen molar-refractivity contribution >= 4 is 11.9 Å². The van der Waals surface area contributed by atoms with E-state index in [4.69, 9.17) is 4.74 Å². The maximum Gasteiger partial charge on any atom is 0.433 e. The predicted octanol–water partition coefficient (Wildman–Crippen LogP) is 2.80. The van der Waals surface area contributed by atoms with Gasteiger partial charge in [0.05, 0.1) is 24.4 Å². The second kappa shape index (κ2) is 9.17. The Labute approximate surface area is 166 Å². The Morgan fingerprint density at radius 1 is 1.21 bits per heavy atom. The van der Waals surface area contributed by atoms with Gasteiger partial charge in [-0.1, -0.05) is 6.07 Å². The van der Waals surface area contributed by atoms with Gasteiger partial charge in [-0.05, 0) is 37.5 Å². The molecule has 2 N–H and O–H groups in total. The number of alkyl halides is 3. The Balaban J connectivity index is 1.64. The van der Waals surface area contributed by atoms with Crippen LogP contribution in [0.1, 0.15) is 30.7 Å². The summed E-state index contributed by atoms with van der Waals surface area (Å²) in [5.74, 6) is -0.559. The van der Waals surface area contributed by atoms with Crippen LogP contribution in [0.2, 0.25) is 0 Å². The van der Waals surface area contributed by atoms with Crippen molar-refractivity contribution < 1.29 is 22.7 Å². The molecular formula is C19H22F3N5O2. The number of carbonyl (C=O) groups excluding carboxylic acids is 1. The first kappa shape index (κ1) is 21.0. The molecule has 0 bridgehead atoms. The van der Waals surface area contributed by atoms with Crippen LogP contribution in [0.5, 0.6) is 0 Å². The number of nitrogens with zero attached hydrogens (tertiary/aromatic N) is 3. The molecule has 29 heavy (non-hydrogen) atoms. The van der Waals surface area contributed by atoms with Gasteiger partial charge in [0.1, 0.15) is 5.69 Å². The monoisotopic (exact) mass is 409 g/mol. The molecule has 0 aromatic carbocycles. The Kier molecular flexibility index (Phi) is 6.63. The molecule has 156 valence electrons. The first-order valence-corrected chi connectivity index (χ1v) is 9.24. The van der Waals surface area contributed by atoms with Gasteiger partial charge < -0.3 is 15.4 Å². The fourth-order valence-electron chi connectivity index (χ4n) is 3.39. The molecule has 3 atom stereocenters. The molecule has 0 spiro atoms. The Morgan fingerprint density at radius 2 is 2.03 bits per heavy atom. The molecule has 2 heterocycles. The zero-order chi connectivity index (χ0) is 20.9. The maximum atomic E-state index is 12.9. The third-order valence-corrected chi connectivity index (χ3v) is 4.89. The Morgan fingerprint density at radius 3 is 2.72 bits per heavy atom. The molecule has 1 fully saturated rings. The van der Waals surface area contributed by atoms with Gasteiger partial charge in [-0.2, -0.15) is 13.2 Å². The highest BCUT2D eigenvalue weighted by Crippen LogP contribution is 2.30. The normalized spacial score (nSPS) is 22.1. The van der Waals surface area contributed by atoms with Gasteiger partial charge in [0.15, 0.2) is 0 Å². The van der Waals surface area contributed by atoms with Crippen molar-refractivity contribution in [3.8, 4) is 0 Å². The van der Waals surface area contributed by atoms with Crippen LogP contribution in [0.4, 0.5) is 19.1 Å². The van der Waals surface area contributed by atoms with E-state index in [1.54, 1.807) is 12.3 Å². The van der Waals surface area contributed by atoms with E-state index in [0.29, 0.717) is 25.8 Å². The lowest BCUT2D eigenvalue weighted by Gasteiger charge is -2.35. The molecular weight excluding hydrogens is 387 g/mol. The van der Waals surface area contributed by atoms with Crippen molar-refractivity contribution in [2.75, 3.05) is 12.4 Å². The van der Waals surface area contributed by atoms with E-state index in [-0.39, 0.29) is 29.9 Å². The highest BCUT2D eigenvalue weighted by Gasteiger charge is 2.36. The molecule has 7 nitrogen and oxygen atoms in total. The fraction of sp³-hybridized carbons (Fsp3) is 0.474. The number of pyridine rings is 1. The lowest BCUT2D eigenvalue weighted by molar-refractivity contribution is -0.141. The van der Waals surface area contributed by atoms with Crippen molar-refractivity contribution in [3.63, 3.8) is 0 Å². The van der Waals surface area contributed by atoms with Crippen molar-refractivity contribution in [1.29, 1.82) is 0 Å². The first-order chi connectivity index (χ1) is 13.9. The topological polar surface area (TPSA) is 89.0 Å². The van der Waals surface area contributed by atoms with Crippen LogP contribution < -0.4 is 10.6 Å². The SMILES string of the molecule is CO[C@@H]1CC[C@H](C(=O)NCc2ccccn2)C[C@H]1Nc1nccc(C(F)(F)F)n1. The Hall–Kier alpha value is -2.75. The van der Waals surface area contributed by atoms with Gasteiger partial charge >= 0.3 is 6.18 Å². The number of anilines is 1. The summed E-state index contributed by atoms with van der Waals surface area (Å²) in [6.07, 6.45) is -0.497.